The van der Waals surface area contributed by atoms with Crippen LogP contribution in [-0.4, -0.2) is 36.6 Å². The lowest BCUT2D eigenvalue weighted by Crippen LogP contribution is -2.34. The highest BCUT2D eigenvalue weighted by Crippen LogP contribution is 2.31. The van der Waals surface area contributed by atoms with Crippen molar-refractivity contribution in [2.75, 3.05) is 26.7 Å². The maximum atomic E-state index is 5.87. The molecule has 1 aliphatic heterocycles. The van der Waals surface area contributed by atoms with Crippen molar-refractivity contribution in [2.24, 2.45) is 0 Å². The van der Waals surface area contributed by atoms with E-state index in [0.717, 1.165) is 43.2 Å². The van der Waals surface area contributed by atoms with Gasteiger partial charge in [0, 0.05) is 31.0 Å². The van der Waals surface area contributed by atoms with Crippen LogP contribution in [0.1, 0.15) is 35.6 Å². The summed E-state index contributed by atoms with van der Waals surface area (Å²) < 4.78 is 11.5. The van der Waals surface area contributed by atoms with Crippen LogP contribution in [0.2, 0.25) is 0 Å². The zero-order valence-electron chi connectivity index (χ0n) is 18.6. The van der Waals surface area contributed by atoms with E-state index in [1.165, 1.54) is 24.0 Å². The van der Waals surface area contributed by atoms with Gasteiger partial charge in [-0.25, -0.2) is 0 Å². The number of likely N-dealkylation sites (tertiary alicyclic amines) is 1. The van der Waals surface area contributed by atoms with Crippen LogP contribution in [0.25, 0.3) is 0 Å². The summed E-state index contributed by atoms with van der Waals surface area (Å²) in [6, 6.07) is 21.0. The Morgan fingerprint density at radius 3 is 2.38 bits per heavy atom. The molecule has 2 heterocycles. The molecule has 1 unspecified atom stereocenters. The third-order valence-electron chi connectivity index (χ3n) is 5.82. The maximum Gasteiger partial charge on any atom is 0.123 e. The minimum Gasteiger partial charge on any atom is -0.496 e. The first-order valence-corrected chi connectivity index (χ1v) is 11.0. The Hall–Kier alpha value is -2.60. The summed E-state index contributed by atoms with van der Waals surface area (Å²) in [5, 5.41) is 3.66. The van der Waals surface area contributed by atoms with Crippen molar-refractivity contribution in [3.63, 3.8) is 0 Å². The van der Waals surface area contributed by atoms with Gasteiger partial charge in [0.15, 0.2) is 0 Å². The van der Waals surface area contributed by atoms with E-state index in [-0.39, 0.29) is 12.4 Å². The molecule has 2 aromatic carbocycles. The smallest absolute Gasteiger partial charge is 0.123 e. The van der Waals surface area contributed by atoms with Gasteiger partial charge in [-0.05, 0) is 67.4 Å². The number of para-hydroxylation sites is 1. The van der Waals surface area contributed by atoms with Crippen molar-refractivity contribution in [3.05, 3.63) is 89.7 Å². The monoisotopic (exact) mass is 453 g/mol. The number of hydrogen-bond acceptors (Lipinski definition) is 5. The van der Waals surface area contributed by atoms with Crippen LogP contribution in [0, 0.1) is 0 Å². The Morgan fingerprint density at radius 1 is 0.938 bits per heavy atom. The third kappa shape index (κ3) is 6.45. The van der Waals surface area contributed by atoms with E-state index in [4.69, 9.17) is 9.47 Å². The molecule has 1 fully saturated rings. The fraction of sp³-hybridized carbons (Fsp3) is 0.346. The number of nitrogens with zero attached hydrogens (tertiary/aromatic N) is 2. The maximum absolute atomic E-state index is 5.87. The second-order valence-corrected chi connectivity index (χ2v) is 7.92. The molecule has 3 aromatic rings. The topological polar surface area (TPSA) is 46.6 Å². The summed E-state index contributed by atoms with van der Waals surface area (Å²) in [6.45, 7) is 4.56. The van der Waals surface area contributed by atoms with Crippen molar-refractivity contribution in [1.82, 2.24) is 15.2 Å². The predicted molar refractivity (Wildman–Crippen MR) is 131 cm³/mol. The number of benzene rings is 2. The highest BCUT2D eigenvalue weighted by Gasteiger charge is 2.25. The molecular formula is C26H32ClN3O2. The van der Waals surface area contributed by atoms with Crippen LogP contribution in [0.3, 0.4) is 0 Å². The Morgan fingerprint density at radius 2 is 1.66 bits per heavy atom. The van der Waals surface area contributed by atoms with Gasteiger partial charge >= 0.3 is 0 Å². The second kappa shape index (κ2) is 12.4. The number of hydrogen-bond donors (Lipinski definition) is 1. The van der Waals surface area contributed by atoms with Crippen LogP contribution in [0.4, 0.5) is 0 Å². The highest BCUT2D eigenvalue weighted by molar-refractivity contribution is 5.85. The molecule has 1 N–H and O–H groups in total. The lowest BCUT2D eigenvalue weighted by molar-refractivity contribution is 0.232. The number of methoxy groups -OCH3 is 1. The number of pyridine rings is 1. The van der Waals surface area contributed by atoms with Gasteiger partial charge in [0.05, 0.1) is 13.2 Å². The second-order valence-electron chi connectivity index (χ2n) is 7.92. The van der Waals surface area contributed by atoms with Crippen molar-refractivity contribution in [2.45, 2.75) is 32.0 Å². The van der Waals surface area contributed by atoms with Crippen molar-refractivity contribution < 1.29 is 9.47 Å². The standard InChI is InChI=1S/C26H31N3O2.ClH/c1-30-26-7-3-2-6-24(26)25(29-16-4-5-17-29)19-28-18-21-8-10-23(11-9-21)31-20-22-12-14-27-15-13-22;/h2-3,6-15,25,28H,4-5,16-20H2,1H3;1H. The normalized spacial score (nSPS) is 14.5. The summed E-state index contributed by atoms with van der Waals surface area (Å²) in [6.07, 6.45) is 6.11. The SMILES string of the molecule is COc1ccccc1C(CNCc1ccc(OCc2ccncc2)cc1)N1CCCC1.Cl. The Bertz CT molecular complexity index is 931. The van der Waals surface area contributed by atoms with E-state index in [2.05, 4.69) is 45.5 Å². The minimum absolute atomic E-state index is 0. The molecule has 0 aliphatic carbocycles. The number of ether oxygens (including phenoxy) is 2. The predicted octanol–water partition coefficient (Wildman–Crippen LogP) is 5.02. The number of rotatable bonds is 10. The average molecular weight is 454 g/mol. The van der Waals surface area contributed by atoms with Crippen molar-refractivity contribution in [1.29, 1.82) is 0 Å². The van der Waals surface area contributed by atoms with Crippen LogP contribution in [-0.2, 0) is 13.2 Å². The number of nitrogens with one attached hydrogen (secondary N) is 1. The van der Waals surface area contributed by atoms with E-state index < -0.39 is 0 Å². The fourth-order valence-corrected chi connectivity index (χ4v) is 4.13. The summed E-state index contributed by atoms with van der Waals surface area (Å²) in [7, 11) is 1.76. The molecule has 6 heteroatoms. The van der Waals surface area contributed by atoms with Crippen LogP contribution < -0.4 is 14.8 Å². The third-order valence-corrected chi connectivity index (χ3v) is 5.82. The zero-order chi connectivity index (χ0) is 21.3. The van der Waals surface area contributed by atoms with Gasteiger partial charge in [0.25, 0.3) is 0 Å². The zero-order valence-corrected chi connectivity index (χ0v) is 19.4. The molecule has 0 saturated carbocycles. The van der Waals surface area contributed by atoms with Gasteiger partial charge in [-0.1, -0.05) is 30.3 Å². The van der Waals surface area contributed by atoms with E-state index in [9.17, 15) is 0 Å². The largest absolute Gasteiger partial charge is 0.496 e. The van der Waals surface area contributed by atoms with E-state index in [0.29, 0.717) is 12.6 Å². The summed E-state index contributed by atoms with van der Waals surface area (Å²) in [4.78, 5) is 6.60. The van der Waals surface area contributed by atoms with Gasteiger partial charge in [-0.3, -0.25) is 9.88 Å². The molecule has 5 nitrogen and oxygen atoms in total. The summed E-state index contributed by atoms with van der Waals surface area (Å²) >= 11 is 0. The average Bonchev–Trinajstić information content (AvgIpc) is 3.37. The van der Waals surface area contributed by atoms with Gasteiger partial charge in [0.1, 0.15) is 18.1 Å². The van der Waals surface area contributed by atoms with Gasteiger partial charge < -0.3 is 14.8 Å². The quantitative estimate of drug-likeness (QED) is 0.467. The van der Waals surface area contributed by atoms with E-state index >= 15 is 0 Å². The molecule has 0 bridgehead atoms. The molecule has 1 aliphatic rings. The Labute approximate surface area is 197 Å². The van der Waals surface area contributed by atoms with Crippen LogP contribution in [0.15, 0.2) is 73.1 Å². The molecule has 4 rings (SSSR count). The molecule has 0 amide bonds. The molecule has 1 atom stereocenters. The van der Waals surface area contributed by atoms with Gasteiger partial charge in [-0.2, -0.15) is 0 Å². The lowest BCUT2D eigenvalue weighted by atomic mass is 10.0. The minimum atomic E-state index is 0. The molecule has 0 radical (unpaired) electrons. The molecule has 170 valence electrons. The highest BCUT2D eigenvalue weighted by atomic mass is 35.5. The Kier molecular flexibility index (Phi) is 9.35. The van der Waals surface area contributed by atoms with Gasteiger partial charge in [0.2, 0.25) is 0 Å². The van der Waals surface area contributed by atoms with E-state index in [1.807, 2.05) is 30.3 Å². The van der Waals surface area contributed by atoms with Gasteiger partial charge in [-0.15, -0.1) is 12.4 Å². The lowest BCUT2D eigenvalue weighted by Gasteiger charge is -2.29. The van der Waals surface area contributed by atoms with Crippen molar-refractivity contribution >= 4 is 12.4 Å². The summed E-state index contributed by atoms with van der Waals surface area (Å²) in [5.74, 6) is 1.85. The fourth-order valence-electron chi connectivity index (χ4n) is 4.13. The summed E-state index contributed by atoms with van der Waals surface area (Å²) in [5.41, 5.74) is 3.63. The Balaban J connectivity index is 0.00000289. The van der Waals surface area contributed by atoms with E-state index in [1.54, 1.807) is 19.5 Å². The molecule has 32 heavy (non-hydrogen) atoms. The molecule has 1 aromatic heterocycles. The van der Waals surface area contributed by atoms with Crippen LogP contribution in [0.5, 0.6) is 11.5 Å². The molecule has 1 saturated heterocycles. The van der Waals surface area contributed by atoms with Crippen LogP contribution >= 0.6 is 12.4 Å². The number of halogens is 1. The molecule has 0 spiro atoms. The number of aromatic nitrogens is 1. The molecular weight excluding hydrogens is 422 g/mol. The first kappa shape index (κ1) is 24.1. The first-order chi connectivity index (χ1) is 15.3. The first-order valence-electron chi connectivity index (χ1n) is 11.0. The van der Waals surface area contributed by atoms with Crippen molar-refractivity contribution in [3.8, 4) is 11.5 Å².